The van der Waals surface area contributed by atoms with Gasteiger partial charge in [-0.3, -0.25) is 4.99 Å². The number of benzene rings is 1. The molecule has 1 aromatic carbocycles. The third-order valence-electron chi connectivity index (χ3n) is 3.53. The minimum atomic E-state index is -0.251. The molecule has 1 heterocycles. The number of rotatable bonds is 9. The van der Waals surface area contributed by atoms with Crippen molar-refractivity contribution in [3.05, 3.63) is 46.2 Å². The molecule has 0 saturated carbocycles. The molecule has 136 valence electrons. The molecule has 1 aromatic heterocycles. The molecule has 7 heteroatoms. The number of hydrogen-bond acceptors (Lipinski definition) is 4. The highest BCUT2D eigenvalue weighted by atomic mass is 32.1. The molecule has 0 aliphatic rings. The molecule has 0 amide bonds. The highest BCUT2D eigenvalue weighted by Gasteiger charge is 2.02. The van der Waals surface area contributed by atoms with Crippen LogP contribution in [0.1, 0.15) is 29.7 Å². The second-order valence-corrected chi connectivity index (χ2v) is 6.64. The third kappa shape index (κ3) is 7.09. The lowest BCUT2D eigenvalue weighted by atomic mass is 10.3. The van der Waals surface area contributed by atoms with Crippen molar-refractivity contribution in [3.63, 3.8) is 0 Å². The highest BCUT2D eigenvalue weighted by Crippen LogP contribution is 2.13. The predicted octanol–water partition coefficient (Wildman–Crippen LogP) is 3.37. The van der Waals surface area contributed by atoms with Gasteiger partial charge in [-0.15, -0.1) is 11.3 Å². The average molecular weight is 364 g/mol. The van der Waals surface area contributed by atoms with Crippen LogP contribution in [0.2, 0.25) is 0 Å². The van der Waals surface area contributed by atoms with Crippen molar-refractivity contribution in [2.75, 3.05) is 20.2 Å². The second kappa shape index (κ2) is 10.7. The molecule has 0 fully saturated rings. The summed E-state index contributed by atoms with van der Waals surface area (Å²) in [5.74, 6) is 1.22. The van der Waals surface area contributed by atoms with Gasteiger partial charge in [0.25, 0.3) is 0 Å². The number of unbranched alkanes of at least 4 members (excludes halogenated alkanes) is 1. The summed E-state index contributed by atoms with van der Waals surface area (Å²) in [6.45, 7) is 4.23. The van der Waals surface area contributed by atoms with Crippen molar-refractivity contribution in [2.45, 2.75) is 32.7 Å². The van der Waals surface area contributed by atoms with E-state index in [-0.39, 0.29) is 5.82 Å². The van der Waals surface area contributed by atoms with Crippen LogP contribution in [0.5, 0.6) is 5.75 Å². The van der Waals surface area contributed by atoms with Gasteiger partial charge >= 0.3 is 0 Å². The van der Waals surface area contributed by atoms with Crippen molar-refractivity contribution >= 4 is 17.3 Å². The number of guanidine groups is 1. The highest BCUT2D eigenvalue weighted by molar-refractivity contribution is 7.11. The number of aliphatic imine (C=N–C) groups is 1. The van der Waals surface area contributed by atoms with Gasteiger partial charge in [-0.1, -0.05) is 6.92 Å². The van der Waals surface area contributed by atoms with Gasteiger partial charge in [0.1, 0.15) is 16.6 Å². The first-order valence-electron chi connectivity index (χ1n) is 8.47. The largest absolute Gasteiger partial charge is 0.494 e. The van der Waals surface area contributed by atoms with Gasteiger partial charge in [-0.25, -0.2) is 9.37 Å². The maximum Gasteiger partial charge on any atom is 0.191 e. The second-order valence-electron chi connectivity index (χ2n) is 5.44. The fourth-order valence-corrected chi connectivity index (χ4v) is 2.93. The maximum atomic E-state index is 12.8. The molecule has 5 nitrogen and oxygen atoms in total. The van der Waals surface area contributed by atoms with E-state index in [2.05, 4.69) is 27.5 Å². The summed E-state index contributed by atoms with van der Waals surface area (Å²) in [7, 11) is 1.76. The molecule has 2 rings (SSSR count). The molecule has 0 aliphatic carbocycles. The SMILES string of the molecule is CCc1cnc(CNC(=NC)NCCCCOc2ccc(F)cc2)s1. The molecule has 0 unspecified atom stereocenters. The lowest BCUT2D eigenvalue weighted by Gasteiger charge is -2.11. The van der Waals surface area contributed by atoms with Crippen molar-refractivity contribution in [2.24, 2.45) is 4.99 Å². The molecule has 0 spiro atoms. The van der Waals surface area contributed by atoms with E-state index in [1.54, 1.807) is 30.5 Å². The Labute approximate surface area is 152 Å². The van der Waals surface area contributed by atoms with Gasteiger partial charge in [0.2, 0.25) is 0 Å². The molecular formula is C18H25FN4OS. The number of nitrogens with one attached hydrogen (secondary N) is 2. The Hall–Kier alpha value is -2.15. The lowest BCUT2D eigenvalue weighted by Crippen LogP contribution is -2.37. The first kappa shape index (κ1) is 19.2. The van der Waals surface area contributed by atoms with Crippen molar-refractivity contribution in [1.29, 1.82) is 0 Å². The number of hydrogen-bond donors (Lipinski definition) is 2. The molecule has 0 atom stereocenters. The van der Waals surface area contributed by atoms with E-state index in [1.165, 1.54) is 17.0 Å². The number of aryl methyl sites for hydroxylation is 1. The van der Waals surface area contributed by atoms with Crippen LogP contribution in [-0.2, 0) is 13.0 Å². The predicted molar refractivity (Wildman–Crippen MR) is 101 cm³/mol. The molecular weight excluding hydrogens is 339 g/mol. The Morgan fingerprint density at radius 3 is 2.72 bits per heavy atom. The van der Waals surface area contributed by atoms with Crippen LogP contribution in [0.4, 0.5) is 4.39 Å². The van der Waals surface area contributed by atoms with Crippen LogP contribution in [0.15, 0.2) is 35.5 Å². The number of ether oxygens (including phenoxy) is 1. The van der Waals surface area contributed by atoms with E-state index in [9.17, 15) is 4.39 Å². The van der Waals surface area contributed by atoms with Gasteiger partial charge in [0.15, 0.2) is 5.96 Å². The summed E-state index contributed by atoms with van der Waals surface area (Å²) in [6, 6.07) is 6.08. The fraction of sp³-hybridized carbons (Fsp3) is 0.444. The number of halogens is 1. The topological polar surface area (TPSA) is 58.5 Å². The molecule has 0 radical (unpaired) electrons. The van der Waals surface area contributed by atoms with Crippen molar-refractivity contribution in [1.82, 2.24) is 15.6 Å². The van der Waals surface area contributed by atoms with Crippen molar-refractivity contribution in [3.8, 4) is 5.75 Å². The molecule has 0 bridgehead atoms. The van der Waals surface area contributed by atoms with Gasteiger partial charge in [0.05, 0.1) is 13.2 Å². The first-order valence-corrected chi connectivity index (χ1v) is 9.29. The third-order valence-corrected chi connectivity index (χ3v) is 4.67. The van der Waals surface area contributed by atoms with Crippen LogP contribution >= 0.6 is 11.3 Å². The lowest BCUT2D eigenvalue weighted by molar-refractivity contribution is 0.306. The van der Waals surface area contributed by atoms with E-state index in [0.717, 1.165) is 36.8 Å². The Kier molecular flexibility index (Phi) is 8.18. The molecule has 2 aromatic rings. The number of aromatic nitrogens is 1. The Bertz CT molecular complexity index is 657. The standard InChI is InChI=1S/C18H25FN4OS/c1-3-16-12-22-17(25-16)13-23-18(20-2)21-10-4-5-11-24-15-8-6-14(19)7-9-15/h6-9,12H,3-5,10-11,13H2,1-2H3,(H2,20,21,23). The number of thiazole rings is 1. The first-order chi connectivity index (χ1) is 12.2. The van der Waals surface area contributed by atoms with E-state index >= 15 is 0 Å². The summed E-state index contributed by atoms with van der Waals surface area (Å²) in [5.41, 5.74) is 0. The summed E-state index contributed by atoms with van der Waals surface area (Å²) >= 11 is 1.72. The van der Waals surface area contributed by atoms with Gasteiger partial charge in [-0.2, -0.15) is 0 Å². The quantitative estimate of drug-likeness (QED) is 0.407. The summed E-state index contributed by atoms with van der Waals surface area (Å²) in [4.78, 5) is 9.88. The van der Waals surface area contributed by atoms with E-state index < -0.39 is 0 Å². The minimum absolute atomic E-state index is 0.251. The average Bonchev–Trinajstić information content (AvgIpc) is 3.10. The summed E-state index contributed by atoms with van der Waals surface area (Å²) < 4.78 is 18.4. The van der Waals surface area contributed by atoms with Crippen molar-refractivity contribution < 1.29 is 9.13 Å². The van der Waals surface area contributed by atoms with Gasteiger partial charge < -0.3 is 15.4 Å². The van der Waals surface area contributed by atoms with E-state index in [0.29, 0.717) is 18.9 Å². The van der Waals surface area contributed by atoms with Crippen LogP contribution in [0, 0.1) is 5.82 Å². The smallest absolute Gasteiger partial charge is 0.191 e. The zero-order valence-corrected chi connectivity index (χ0v) is 15.5. The molecule has 25 heavy (non-hydrogen) atoms. The van der Waals surface area contributed by atoms with Crippen LogP contribution < -0.4 is 15.4 Å². The minimum Gasteiger partial charge on any atom is -0.494 e. The Morgan fingerprint density at radius 1 is 1.24 bits per heavy atom. The Balaban J connectivity index is 1.57. The Morgan fingerprint density at radius 2 is 2.04 bits per heavy atom. The number of nitrogens with zero attached hydrogens (tertiary/aromatic N) is 2. The van der Waals surface area contributed by atoms with Crippen LogP contribution in [0.25, 0.3) is 0 Å². The molecule has 0 saturated heterocycles. The van der Waals surface area contributed by atoms with E-state index in [1.807, 2.05) is 6.20 Å². The van der Waals surface area contributed by atoms with Crippen LogP contribution in [-0.4, -0.2) is 31.1 Å². The normalized spacial score (nSPS) is 11.4. The fourth-order valence-electron chi connectivity index (χ4n) is 2.13. The van der Waals surface area contributed by atoms with Crippen LogP contribution in [0.3, 0.4) is 0 Å². The molecule has 2 N–H and O–H groups in total. The zero-order valence-electron chi connectivity index (χ0n) is 14.7. The van der Waals surface area contributed by atoms with Gasteiger partial charge in [-0.05, 0) is 43.5 Å². The maximum absolute atomic E-state index is 12.8. The van der Waals surface area contributed by atoms with Gasteiger partial charge in [0, 0.05) is 24.7 Å². The monoisotopic (exact) mass is 364 g/mol. The summed E-state index contributed by atoms with van der Waals surface area (Å²) in [5, 5.41) is 7.60. The summed E-state index contributed by atoms with van der Waals surface area (Å²) in [6.07, 6.45) is 4.82. The van der Waals surface area contributed by atoms with E-state index in [4.69, 9.17) is 4.74 Å². The molecule has 0 aliphatic heterocycles. The zero-order chi connectivity index (χ0) is 17.9.